The molecule has 0 radical (unpaired) electrons. The molecule has 2 aromatic heterocycles. The first-order valence-corrected chi connectivity index (χ1v) is 19.4. The Hall–Kier alpha value is -5.62. The lowest BCUT2D eigenvalue weighted by Crippen LogP contribution is -2.18. The zero-order chi connectivity index (χ0) is 42.5. The van der Waals surface area contributed by atoms with Gasteiger partial charge in [-0.3, -0.25) is 4.79 Å². The van der Waals surface area contributed by atoms with Crippen molar-refractivity contribution >= 4 is 35.0 Å². The molecule has 1 fully saturated rings. The number of carbonyl (C=O) groups excluding carboxylic acids is 1. The lowest BCUT2D eigenvalue weighted by atomic mass is 9.97. The van der Waals surface area contributed by atoms with Crippen molar-refractivity contribution in [2.75, 3.05) is 53.4 Å². The molecular formula is C48H53Cl2F3N4O4. The Morgan fingerprint density at radius 2 is 1.23 bits per heavy atom. The average molecular weight is 878 g/mol. The summed E-state index contributed by atoms with van der Waals surface area (Å²) in [5, 5.41) is 4.16. The topological polar surface area (TPSA) is 85.8 Å². The highest BCUT2D eigenvalue weighted by Crippen LogP contribution is 2.37. The molecule has 4 aromatic carbocycles. The molecule has 0 spiro atoms. The monoisotopic (exact) mass is 876 g/mol. The number of benzene rings is 4. The number of hydrogen-bond acceptors (Lipinski definition) is 8. The van der Waals surface area contributed by atoms with Gasteiger partial charge in [-0.2, -0.15) is 4.39 Å². The molecular weight excluding hydrogens is 824 g/mol. The molecule has 324 valence electrons. The van der Waals surface area contributed by atoms with Crippen LogP contribution in [0.5, 0.6) is 11.5 Å². The summed E-state index contributed by atoms with van der Waals surface area (Å²) in [5.74, 6) is 0.543. The number of nitrogens with zero attached hydrogens (tertiary/aromatic N) is 3. The van der Waals surface area contributed by atoms with Gasteiger partial charge in [-0.1, -0.05) is 86.6 Å². The summed E-state index contributed by atoms with van der Waals surface area (Å²) < 4.78 is 58.5. The van der Waals surface area contributed by atoms with E-state index >= 15 is 8.78 Å². The normalized spacial score (nSPS) is 12.6. The number of nitrogens with one attached hydrogen (secondary N) is 1. The predicted octanol–water partition coefficient (Wildman–Crippen LogP) is 11.5. The number of anilines is 1. The fraction of sp³-hybridized carbons (Fsp3) is 0.271. The Balaban J connectivity index is 0.000000264. The molecule has 0 saturated carbocycles. The third-order valence-corrected chi connectivity index (χ3v) is 9.94. The van der Waals surface area contributed by atoms with Gasteiger partial charge in [0.05, 0.1) is 38.4 Å². The van der Waals surface area contributed by atoms with Crippen LogP contribution in [0, 0.1) is 23.5 Å². The average Bonchev–Trinajstić information content (AvgIpc) is 3.79. The first-order valence-electron chi connectivity index (χ1n) is 18.7. The number of pyridine rings is 2. The molecule has 1 saturated heterocycles. The van der Waals surface area contributed by atoms with Gasteiger partial charge >= 0.3 is 5.97 Å². The van der Waals surface area contributed by atoms with E-state index in [1.807, 2.05) is 37.2 Å². The Morgan fingerprint density at radius 1 is 0.721 bits per heavy atom. The van der Waals surface area contributed by atoms with Crippen molar-refractivity contribution in [2.45, 2.75) is 34.1 Å². The highest BCUT2D eigenvalue weighted by molar-refractivity contribution is 6.31. The van der Waals surface area contributed by atoms with Crippen LogP contribution in [-0.2, 0) is 22.4 Å². The van der Waals surface area contributed by atoms with E-state index < -0.39 is 5.95 Å². The number of esters is 1. The van der Waals surface area contributed by atoms with Gasteiger partial charge in [0.15, 0.2) is 0 Å². The van der Waals surface area contributed by atoms with Crippen molar-refractivity contribution < 1.29 is 32.2 Å². The van der Waals surface area contributed by atoms with Crippen LogP contribution in [0.3, 0.4) is 0 Å². The second kappa shape index (κ2) is 24.0. The molecule has 6 aromatic rings. The number of rotatable bonds is 10. The van der Waals surface area contributed by atoms with Gasteiger partial charge in [-0.15, -0.1) is 0 Å². The van der Waals surface area contributed by atoms with Crippen LogP contribution >= 0.6 is 23.2 Å². The summed E-state index contributed by atoms with van der Waals surface area (Å²) in [6.45, 7) is 1.73. The Bertz CT molecular complexity index is 2330. The molecule has 1 aliphatic rings. The molecule has 0 amide bonds. The van der Waals surface area contributed by atoms with E-state index in [4.69, 9.17) is 32.7 Å². The number of hydrogen-bond donors (Lipinski definition) is 1. The van der Waals surface area contributed by atoms with E-state index in [-0.39, 0.29) is 38.4 Å². The maximum Gasteiger partial charge on any atom is 0.309 e. The molecule has 1 aliphatic heterocycles. The minimum absolute atomic E-state index is 0. The molecule has 1 atom stereocenters. The molecule has 13 heteroatoms. The summed E-state index contributed by atoms with van der Waals surface area (Å²) in [6, 6.07) is 27.7. The quantitative estimate of drug-likeness (QED) is 0.108. The smallest absolute Gasteiger partial charge is 0.309 e. The molecule has 7 rings (SSSR count). The second-order valence-electron chi connectivity index (χ2n) is 13.7. The van der Waals surface area contributed by atoms with Crippen LogP contribution in [0.4, 0.5) is 19.0 Å². The first-order chi connectivity index (χ1) is 28.4. The SMILES string of the molecule is C.C.COC(=O)C1CCNC1.COc1ccc(Cc2ccc(F)nc2)c(F)c1-c1cccc(Cl)c1.COc1ccc(Cc2ccc(N(C)C)nc2)c(F)c1-c1cccc(Cl)c1. The van der Waals surface area contributed by atoms with Crippen molar-refractivity contribution in [3.8, 4) is 33.8 Å². The standard InChI is InChI=1S/C21H20ClFN2O.C19H14ClF2NO.C6H11NO2.2CH4/c1-25(2)19-10-7-14(13-24-19)11-16-8-9-18(26-3)20(21(16)23)15-5-4-6-17(22)12-15;1-24-16-7-6-14(9-12-5-8-17(21)23-11-12)19(22)18(16)13-3-2-4-15(20)10-13;1-9-6(8)5-2-3-7-4-5;;/h4-10,12-13H,11H2,1-3H3;2-8,10-11H,9H2,1H3;5,7H,2-4H2,1H3;2*1H4. The second-order valence-corrected chi connectivity index (χ2v) is 14.6. The summed E-state index contributed by atoms with van der Waals surface area (Å²) in [5.41, 5.74) is 4.82. The van der Waals surface area contributed by atoms with E-state index in [2.05, 4.69) is 20.0 Å². The largest absolute Gasteiger partial charge is 0.496 e. The van der Waals surface area contributed by atoms with Crippen LogP contribution in [-0.4, -0.2) is 64.5 Å². The highest BCUT2D eigenvalue weighted by atomic mass is 35.5. The zero-order valence-corrected chi connectivity index (χ0v) is 34.9. The summed E-state index contributed by atoms with van der Waals surface area (Å²) in [7, 11) is 8.32. The van der Waals surface area contributed by atoms with Crippen molar-refractivity contribution in [3.05, 3.63) is 159 Å². The predicted molar refractivity (Wildman–Crippen MR) is 242 cm³/mol. The van der Waals surface area contributed by atoms with E-state index in [1.54, 1.807) is 79.0 Å². The third-order valence-electron chi connectivity index (χ3n) is 9.47. The number of halogens is 5. The van der Waals surface area contributed by atoms with Gasteiger partial charge in [0.2, 0.25) is 5.95 Å². The van der Waals surface area contributed by atoms with Gasteiger partial charge in [0, 0.05) is 55.9 Å². The Morgan fingerprint density at radius 3 is 1.61 bits per heavy atom. The molecule has 0 aliphatic carbocycles. The number of methoxy groups -OCH3 is 3. The lowest BCUT2D eigenvalue weighted by Gasteiger charge is -2.14. The minimum atomic E-state index is -0.562. The fourth-order valence-electron chi connectivity index (χ4n) is 6.40. The van der Waals surface area contributed by atoms with Crippen LogP contribution < -0.4 is 19.7 Å². The summed E-state index contributed by atoms with van der Waals surface area (Å²) in [4.78, 5) is 20.7. The van der Waals surface area contributed by atoms with Crippen LogP contribution in [0.15, 0.2) is 109 Å². The number of carbonyl (C=O) groups is 1. The van der Waals surface area contributed by atoms with Crippen molar-refractivity contribution in [2.24, 2.45) is 5.92 Å². The summed E-state index contributed by atoms with van der Waals surface area (Å²) >= 11 is 12.1. The third kappa shape index (κ3) is 13.4. The van der Waals surface area contributed by atoms with E-state index in [9.17, 15) is 9.18 Å². The van der Waals surface area contributed by atoms with Gasteiger partial charge in [0.25, 0.3) is 0 Å². The number of ether oxygens (including phenoxy) is 3. The Labute approximate surface area is 367 Å². The minimum Gasteiger partial charge on any atom is -0.496 e. The van der Waals surface area contributed by atoms with Gasteiger partial charge < -0.3 is 24.4 Å². The van der Waals surface area contributed by atoms with Crippen LogP contribution in [0.25, 0.3) is 22.3 Å². The van der Waals surface area contributed by atoms with E-state index in [1.165, 1.54) is 33.6 Å². The maximum atomic E-state index is 15.3. The van der Waals surface area contributed by atoms with Gasteiger partial charge in [0.1, 0.15) is 29.0 Å². The fourth-order valence-corrected chi connectivity index (χ4v) is 6.78. The summed E-state index contributed by atoms with van der Waals surface area (Å²) in [6.07, 6.45) is 4.85. The van der Waals surface area contributed by atoms with Crippen molar-refractivity contribution in [1.29, 1.82) is 0 Å². The Kier molecular flexibility index (Phi) is 19.6. The molecule has 3 heterocycles. The van der Waals surface area contributed by atoms with Crippen LogP contribution in [0.1, 0.15) is 43.5 Å². The zero-order valence-electron chi connectivity index (χ0n) is 33.4. The molecule has 8 nitrogen and oxygen atoms in total. The van der Waals surface area contributed by atoms with E-state index in [0.717, 1.165) is 36.5 Å². The first kappa shape index (κ1) is 49.7. The molecule has 1 N–H and O–H groups in total. The lowest BCUT2D eigenvalue weighted by molar-refractivity contribution is -0.144. The number of aromatic nitrogens is 2. The molecule has 1 unspecified atom stereocenters. The maximum absolute atomic E-state index is 15.3. The van der Waals surface area contributed by atoms with Gasteiger partial charge in [-0.05, 0) is 94.9 Å². The van der Waals surface area contributed by atoms with E-state index in [0.29, 0.717) is 67.8 Å². The van der Waals surface area contributed by atoms with Gasteiger partial charge in [-0.25, -0.2) is 18.7 Å². The van der Waals surface area contributed by atoms with Crippen molar-refractivity contribution in [3.63, 3.8) is 0 Å². The molecule has 61 heavy (non-hydrogen) atoms. The van der Waals surface area contributed by atoms with Crippen LogP contribution in [0.2, 0.25) is 10.0 Å². The molecule has 0 bridgehead atoms. The van der Waals surface area contributed by atoms with Crippen molar-refractivity contribution in [1.82, 2.24) is 15.3 Å². The highest BCUT2D eigenvalue weighted by Gasteiger charge is 2.22.